The van der Waals surface area contributed by atoms with Crippen LogP contribution < -0.4 is 27.4 Å². The van der Waals surface area contributed by atoms with E-state index in [2.05, 4.69) is 16.0 Å². The molecule has 0 fully saturated rings. The van der Waals surface area contributed by atoms with Gasteiger partial charge in [-0.1, -0.05) is 0 Å². The highest BCUT2D eigenvalue weighted by Gasteiger charge is 2.30. The Balaban J connectivity index is 5.44. The van der Waals surface area contributed by atoms with Gasteiger partial charge in [-0.05, 0) is 43.3 Å². The van der Waals surface area contributed by atoms with E-state index in [1.54, 1.807) is 12.5 Å². The summed E-state index contributed by atoms with van der Waals surface area (Å²) in [5.41, 5.74) is 10.6. The number of carbonyl (C=O) groups excluding carboxylic acids is 4. The fourth-order valence-corrected chi connectivity index (χ4v) is 3.40. The summed E-state index contributed by atoms with van der Waals surface area (Å²) in [5, 5.41) is 25.6. The lowest BCUT2D eigenvalue weighted by atomic mass is 10.1. The number of carboxylic acid groups (broad SMARTS) is 1. The van der Waals surface area contributed by atoms with Crippen molar-refractivity contribution in [1.82, 2.24) is 16.0 Å². The molecule has 0 aromatic carbocycles. The number of aliphatic carboxylic acids is 1. The Kier molecular flexibility index (Phi) is 15.5. The average Bonchev–Trinajstić information content (AvgIpc) is 2.75. The number of aliphatic hydroxyl groups excluding tert-OH is 1. The van der Waals surface area contributed by atoms with E-state index in [1.165, 1.54) is 23.5 Å². The topological polar surface area (TPSA) is 214 Å². The highest BCUT2D eigenvalue weighted by Crippen LogP contribution is 2.06. The van der Waals surface area contributed by atoms with E-state index >= 15 is 0 Å². The number of rotatable bonds is 17. The lowest BCUT2D eigenvalue weighted by Crippen LogP contribution is -2.57. The molecule has 0 bridgehead atoms. The molecule has 0 rings (SSSR count). The number of carbonyl (C=O) groups is 5. The SMILES string of the molecule is CSCCC(NC(=O)C(CCC(N)=O)NC(=O)C(CCSC)NC(=O)C(N)CO)C(=O)O. The maximum Gasteiger partial charge on any atom is 0.326 e. The second-order valence-corrected chi connectivity index (χ2v) is 8.85. The molecule has 4 unspecified atom stereocenters. The lowest BCUT2D eigenvalue weighted by Gasteiger charge is -2.25. The van der Waals surface area contributed by atoms with Crippen molar-refractivity contribution in [2.75, 3.05) is 30.6 Å². The van der Waals surface area contributed by atoms with Gasteiger partial charge in [0.05, 0.1) is 6.61 Å². The first-order valence-corrected chi connectivity index (χ1v) is 12.6. The first-order chi connectivity index (χ1) is 15.1. The van der Waals surface area contributed by atoms with Crippen LogP contribution in [0.15, 0.2) is 0 Å². The molecule has 0 saturated carbocycles. The van der Waals surface area contributed by atoms with E-state index in [0.717, 1.165) is 0 Å². The van der Waals surface area contributed by atoms with E-state index in [0.29, 0.717) is 11.5 Å². The fraction of sp³-hybridized carbons (Fsp3) is 0.722. The number of carboxylic acids is 1. The second kappa shape index (κ2) is 16.6. The van der Waals surface area contributed by atoms with Gasteiger partial charge in [0.2, 0.25) is 23.6 Å². The minimum Gasteiger partial charge on any atom is -0.480 e. The first kappa shape index (κ1) is 30.0. The number of hydrogen-bond donors (Lipinski definition) is 7. The smallest absolute Gasteiger partial charge is 0.326 e. The van der Waals surface area contributed by atoms with Gasteiger partial charge in [-0.2, -0.15) is 23.5 Å². The largest absolute Gasteiger partial charge is 0.480 e. The molecule has 0 saturated heterocycles. The van der Waals surface area contributed by atoms with Crippen LogP contribution in [0.4, 0.5) is 0 Å². The van der Waals surface area contributed by atoms with Crippen LogP contribution in [0.25, 0.3) is 0 Å². The van der Waals surface area contributed by atoms with Crippen molar-refractivity contribution >= 4 is 53.1 Å². The third kappa shape index (κ3) is 12.1. The van der Waals surface area contributed by atoms with Crippen LogP contribution in [0.3, 0.4) is 0 Å². The molecule has 14 heteroatoms. The Morgan fingerprint density at radius 2 is 1.25 bits per heavy atom. The maximum absolute atomic E-state index is 12.8. The van der Waals surface area contributed by atoms with Gasteiger partial charge in [0.1, 0.15) is 24.2 Å². The molecule has 32 heavy (non-hydrogen) atoms. The molecule has 0 aromatic heterocycles. The number of hydrogen-bond acceptors (Lipinski definition) is 9. The minimum absolute atomic E-state index is 0.152. The third-order valence-electron chi connectivity index (χ3n) is 4.31. The van der Waals surface area contributed by atoms with E-state index in [4.69, 9.17) is 16.6 Å². The molecular weight excluding hydrogens is 462 g/mol. The molecule has 4 amide bonds. The van der Waals surface area contributed by atoms with Gasteiger partial charge in [0.25, 0.3) is 0 Å². The van der Waals surface area contributed by atoms with E-state index in [-0.39, 0.29) is 25.7 Å². The number of thioether (sulfide) groups is 2. The second-order valence-electron chi connectivity index (χ2n) is 6.88. The molecule has 0 aromatic rings. The normalized spacial score (nSPS) is 14.5. The van der Waals surface area contributed by atoms with Crippen molar-refractivity contribution in [1.29, 1.82) is 0 Å². The molecule has 0 spiro atoms. The number of nitrogens with one attached hydrogen (secondary N) is 3. The average molecular weight is 496 g/mol. The zero-order valence-electron chi connectivity index (χ0n) is 18.2. The molecule has 0 radical (unpaired) electrons. The summed E-state index contributed by atoms with van der Waals surface area (Å²) >= 11 is 2.84. The van der Waals surface area contributed by atoms with Crippen molar-refractivity contribution < 1.29 is 34.2 Å². The van der Waals surface area contributed by atoms with Crippen molar-refractivity contribution in [2.24, 2.45) is 11.5 Å². The Morgan fingerprint density at radius 1 is 0.812 bits per heavy atom. The van der Waals surface area contributed by atoms with Gasteiger partial charge < -0.3 is 37.6 Å². The summed E-state index contributed by atoms with van der Waals surface area (Å²) in [6.45, 7) is -0.612. The summed E-state index contributed by atoms with van der Waals surface area (Å²) in [6.07, 6.45) is 3.61. The standard InChI is InChI=1S/C18H33N5O7S2/c1-31-7-5-12(21-15(26)10(19)9-24)17(28)22-11(3-4-14(20)25)16(27)23-13(18(29)30)6-8-32-2/h10-13,24H,3-9,19H2,1-2H3,(H2,20,25)(H,21,26)(H,22,28)(H,23,27)(H,29,30). The van der Waals surface area contributed by atoms with Crippen LogP contribution in [0.1, 0.15) is 25.7 Å². The van der Waals surface area contributed by atoms with Crippen LogP contribution >= 0.6 is 23.5 Å². The maximum atomic E-state index is 12.8. The Hall–Kier alpha value is -2.03. The zero-order chi connectivity index (χ0) is 24.7. The van der Waals surface area contributed by atoms with Gasteiger partial charge in [0, 0.05) is 6.42 Å². The predicted octanol–water partition coefficient (Wildman–Crippen LogP) is -2.38. The molecule has 0 aliphatic carbocycles. The number of aliphatic hydroxyl groups is 1. The summed E-state index contributed by atoms with van der Waals surface area (Å²) in [7, 11) is 0. The van der Waals surface area contributed by atoms with Crippen LogP contribution in [-0.4, -0.2) is 94.6 Å². The van der Waals surface area contributed by atoms with E-state index in [1.807, 2.05) is 0 Å². The summed E-state index contributed by atoms with van der Waals surface area (Å²) in [5.74, 6) is -3.17. The summed E-state index contributed by atoms with van der Waals surface area (Å²) in [6, 6.07) is -4.69. The van der Waals surface area contributed by atoms with Gasteiger partial charge in [-0.3, -0.25) is 19.2 Å². The molecule has 12 nitrogen and oxygen atoms in total. The molecule has 4 atom stereocenters. The molecule has 184 valence electrons. The quantitative estimate of drug-likeness (QED) is 0.114. The molecule has 9 N–H and O–H groups in total. The Bertz CT molecular complexity index is 653. The van der Waals surface area contributed by atoms with E-state index in [9.17, 15) is 29.1 Å². The monoisotopic (exact) mass is 495 g/mol. The van der Waals surface area contributed by atoms with E-state index < -0.39 is 60.4 Å². The van der Waals surface area contributed by atoms with Gasteiger partial charge >= 0.3 is 5.97 Å². The number of nitrogens with two attached hydrogens (primary N) is 2. The van der Waals surface area contributed by atoms with Crippen molar-refractivity contribution in [3.8, 4) is 0 Å². The molecule has 0 heterocycles. The van der Waals surface area contributed by atoms with Crippen molar-refractivity contribution in [2.45, 2.75) is 49.9 Å². The summed E-state index contributed by atoms with van der Waals surface area (Å²) in [4.78, 5) is 60.1. The van der Waals surface area contributed by atoms with Crippen LogP contribution in [-0.2, 0) is 24.0 Å². The van der Waals surface area contributed by atoms with Gasteiger partial charge in [-0.25, -0.2) is 4.79 Å². The summed E-state index contributed by atoms with van der Waals surface area (Å²) < 4.78 is 0. The lowest BCUT2D eigenvalue weighted by molar-refractivity contribution is -0.142. The van der Waals surface area contributed by atoms with Gasteiger partial charge in [-0.15, -0.1) is 0 Å². The molecular formula is C18H33N5O7S2. The minimum atomic E-state index is -1.24. The number of primary amides is 1. The Morgan fingerprint density at radius 3 is 1.69 bits per heavy atom. The van der Waals surface area contributed by atoms with Crippen LogP contribution in [0, 0.1) is 0 Å². The molecule has 0 aliphatic heterocycles. The third-order valence-corrected chi connectivity index (χ3v) is 5.60. The highest BCUT2D eigenvalue weighted by atomic mass is 32.2. The first-order valence-electron chi connectivity index (χ1n) is 9.83. The predicted molar refractivity (Wildman–Crippen MR) is 123 cm³/mol. The fourth-order valence-electron chi connectivity index (χ4n) is 2.46. The Labute approximate surface area is 195 Å². The van der Waals surface area contributed by atoms with Crippen LogP contribution in [0.2, 0.25) is 0 Å². The van der Waals surface area contributed by atoms with Crippen molar-refractivity contribution in [3.63, 3.8) is 0 Å². The van der Waals surface area contributed by atoms with Crippen LogP contribution in [0.5, 0.6) is 0 Å². The van der Waals surface area contributed by atoms with Gasteiger partial charge in [0.15, 0.2) is 0 Å². The van der Waals surface area contributed by atoms with Crippen molar-refractivity contribution in [3.05, 3.63) is 0 Å². The molecule has 0 aliphatic rings. The highest BCUT2D eigenvalue weighted by molar-refractivity contribution is 7.98. The number of amides is 4. The zero-order valence-corrected chi connectivity index (χ0v) is 19.8.